The normalized spacial score (nSPS) is 15.5. The average Bonchev–Trinajstić information content (AvgIpc) is 3.13. The van der Waals surface area contributed by atoms with Crippen molar-refractivity contribution in [2.75, 3.05) is 19.8 Å². The molecule has 0 saturated carbocycles. The molecule has 1 aromatic heterocycles. The lowest BCUT2D eigenvalue weighted by atomic mass is 9.87. The molecule has 1 aliphatic rings. The number of fused-ring (bicyclic) bond motifs is 1. The number of aryl methyl sites for hydroxylation is 1. The molecule has 53 heavy (non-hydrogen) atoms. The van der Waals surface area contributed by atoms with Crippen LogP contribution < -0.4 is 4.74 Å². The molecule has 0 radical (unpaired) electrons. The molecular weight excluding hydrogens is 679 g/mol. The number of ketones is 2. The van der Waals surface area contributed by atoms with Crippen molar-refractivity contribution in [2.24, 2.45) is 17.3 Å². The third-order valence-electron chi connectivity index (χ3n) is 9.17. The number of piperidine rings is 1. The van der Waals surface area contributed by atoms with Crippen molar-refractivity contribution < 1.29 is 42.6 Å². The van der Waals surface area contributed by atoms with Crippen molar-refractivity contribution >= 4 is 40.3 Å². The Kier molecular flexibility index (Phi) is 14.4. The summed E-state index contributed by atoms with van der Waals surface area (Å²) in [6.45, 7) is 10.2. The fourth-order valence-corrected chi connectivity index (χ4v) is 5.88. The molecule has 2 atom stereocenters. The number of hydrogen-bond donors (Lipinski definition) is 0. The van der Waals surface area contributed by atoms with Gasteiger partial charge in [-0.15, -0.1) is 0 Å². The predicted molar refractivity (Wildman–Crippen MR) is 198 cm³/mol. The summed E-state index contributed by atoms with van der Waals surface area (Å²) in [5.74, 6) is -3.57. The third kappa shape index (κ3) is 11.8. The molecular formula is C42H51FN2O8. The number of allylic oxidation sites excluding steroid dienone is 1. The van der Waals surface area contributed by atoms with Gasteiger partial charge in [0.1, 0.15) is 36.9 Å². The smallest absolute Gasteiger partial charge is 0.330 e. The molecule has 0 spiro atoms. The number of halogens is 1. The SMILES string of the molecule is CC(C)C/C=C\C(=O)OCC(C)(C)C(=O)C(=O)N1CCCC[C@H]1C(=O)O[C@H](CCc1cnc2ccccc2c1)c1cc(F)cc(OCC(=O)C(C)C)c1. The second-order valence-corrected chi connectivity index (χ2v) is 15.0. The van der Waals surface area contributed by atoms with Crippen LogP contribution in [0.2, 0.25) is 0 Å². The number of ether oxygens (including phenoxy) is 3. The standard InChI is InChI=1S/C42H51FN2O8/c1-27(2)12-11-16-38(47)52-26-42(5,6)39(48)40(49)45-19-10-9-15-35(45)41(50)53-37(18-17-29-20-30-13-7-8-14-34(30)44-24-29)31-21-32(43)23-33(22-31)51-25-36(46)28(3)4/h7-8,11,13-14,16,20-24,27-28,35,37H,9-10,12,15,17-19,25-26H2,1-6H3/b16-11-/t35-,37+/m0/s1. The van der Waals surface area contributed by atoms with E-state index in [9.17, 15) is 24.0 Å². The number of pyridine rings is 1. The fourth-order valence-electron chi connectivity index (χ4n) is 5.88. The third-order valence-corrected chi connectivity index (χ3v) is 9.17. The Morgan fingerprint density at radius 3 is 2.51 bits per heavy atom. The zero-order valence-electron chi connectivity index (χ0n) is 31.6. The molecule has 11 heteroatoms. The summed E-state index contributed by atoms with van der Waals surface area (Å²) in [6.07, 6.45) is 6.60. The highest BCUT2D eigenvalue weighted by atomic mass is 19.1. The molecule has 1 saturated heterocycles. The predicted octanol–water partition coefficient (Wildman–Crippen LogP) is 7.32. The lowest BCUT2D eigenvalue weighted by molar-refractivity contribution is -0.165. The summed E-state index contributed by atoms with van der Waals surface area (Å²) in [5, 5.41) is 0.941. The summed E-state index contributed by atoms with van der Waals surface area (Å²) >= 11 is 0. The zero-order chi connectivity index (χ0) is 38.7. The van der Waals surface area contributed by atoms with Crippen molar-refractivity contribution in [3.63, 3.8) is 0 Å². The van der Waals surface area contributed by atoms with Gasteiger partial charge in [-0.3, -0.25) is 19.4 Å². The first-order valence-electron chi connectivity index (χ1n) is 18.3. The number of aromatic nitrogens is 1. The second-order valence-electron chi connectivity index (χ2n) is 15.0. The van der Waals surface area contributed by atoms with Gasteiger partial charge in [-0.05, 0) is 93.7 Å². The largest absolute Gasteiger partial charge is 0.486 e. The van der Waals surface area contributed by atoms with Crippen LogP contribution in [0.4, 0.5) is 4.39 Å². The first-order chi connectivity index (χ1) is 25.1. The number of hydrogen-bond acceptors (Lipinski definition) is 9. The van der Waals surface area contributed by atoms with Crippen molar-refractivity contribution in [2.45, 2.75) is 92.2 Å². The maximum atomic E-state index is 15.0. The minimum absolute atomic E-state index is 0.112. The van der Waals surface area contributed by atoms with Gasteiger partial charge in [0.2, 0.25) is 5.78 Å². The lowest BCUT2D eigenvalue weighted by Gasteiger charge is -2.36. The van der Waals surface area contributed by atoms with E-state index in [1.165, 1.54) is 30.9 Å². The van der Waals surface area contributed by atoms with Gasteiger partial charge in [-0.25, -0.2) is 14.0 Å². The highest BCUT2D eigenvalue weighted by molar-refractivity contribution is 6.38. The van der Waals surface area contributed by atoms with Crippen molar-refractivity contribution in [3.8, 4) is 5.75 Å². The topological polar surface area (TPSA) is 129 Å². The maximum Gasteiger partial charge on any atom is 0.330 e. The number of Topliss-reactive ketones (excluding diaryl/α,β-unsaturated/α-hetero) is 2. The summed E-state index contributed by atoms with van der Waals surface area (Å²) in [5.41, 5.74) is 0.668. The number of carbonyl (C=O) groups excluding carboxylic acids is 5. The Morgan fingerprint density at radius 1 is 1.02 bits per heavy atom. The summed E-state index contributed by atoms with van der Waals surface area (Å²) in [4.78, 5) is 71.5. The van der Waals surface area contributed by atoms with E-state index in [0.717, 1.165) is 22.5 Å². The second kappa shape index (κ2) is 18.7. The number of carbonyl (C=O) groups is 5. The average molecular weight is 731 g/mol. The number of amides is 1. The molecule has 2 heterocycles. The van der Waals surface area contributed by atoms with Crippen LogP contribution in [-0.4, -0.2) is 65.1 Å². The molecule has 0 N–H and O–H groups in total. The van der Waals surface area contributed by atoms with Crippen LogP contribution in [-0.2, 0) is 39.9 Å². The Morgan fingerprint density at radius 2 is 1.77 bits per heavy atom. The van der Waals surface area contributed by atoms with Crippen LogP contribution >= 0.6 is 0 Å². The van der Waals surface area contributed by atoms with Crippen LogP contribution in [0.1, 0.15) is 90.9 Å². The van der Waals surface area contributed by atoms with Crippen LogP contribution in [0.25, 0.3) is 10.9 Å². The monoisotopic (exact) mass is 730 g/mol. The van der Waals surface area contributed by atoms with Gasteiger partial charge >= 0.3 is 11.9 Å². The number of benzene rings is 2. The molecule has 0 aliphatic carbocycles. The first kappa shape index (κ1) is 40.8. The van der Waals surface area contributed by atoms with Crippen molar-refractivity contribution in [1.82, 2.24) is 9.88 Å². The molecule has 1 fully saturated rings. The molecule has 0 bridgehead atoms. The quantitative estimate of drug-likeness (QED) is 0.0797. The van der Waals surface area contributed by atoms with Gasteiger partial charge < -0.3 is 19.1 Å². The highest BCUT2D eigenvalue weighted by Gasteiger charge is 2.42. The Bertz CT molecular complexity index is 1820. The molecule has 3 aromatic rings. The molecule has 1 aliphatic heterocycles. The molecule has 2 aromatic carbocycles. The van der Waals surface area contributed by atoms with Crippen LogP contribution in [0, 0.1) is 23.1 Å². The van der Waals surface area contributed by atoms with Gasteiger partial charge in [0.05, 0.1) is 10.9 Å². The van der Waals surface area contributed by atoms with Crippen LogP contribution in [0.3, 0.4) is 0 Å². The summed E-state index contributed by atoms with van der Waals surface area (Å²) in [7, 11) is 0. The Hall–Kier alpha value is -4.93. The van der Waals surface area contributed by atoms with E-state index < -0.39 is 47.0 Å². The maximum absolute atomic E-state index is 15.0. The molecule has 0 unspecified atom stereocenters. The van der Waals surface area contributed by atoms with Gasteiger partial charge in [0, 0.05) is 36.2 Å². The first-order valence-corrected chi connectivity index (χ1v) is 18.3. The Balaban J connectivity index is 1.54. The van der Waals surface area contributed by atoms with Crippen LogP contribution in [0.5, 0.6) is 5.75 Å². The minimum Gasteiger partial charge on any atom is -0.486 e. The number of para-hydroxylation sites is 1. The van der Waals surface area contributed by atoms with E-state index in [-0.39, 0.29) is 50.1 Å². The van der Waals surface area contributed by atoms with Gasteiger partial charge in [0.15, 0.2) is 5.78 Å². The fraction of sp³-hybridized carbons (Fsp3) is 0.476. The van der Waals surface area contributed by atoms with E-state index >= 15 is 4.39 Å². The van der Waals surface area contributed by atoms with E-state index in [1.54, 1.807) is 32.2 Å². The minimum atomic E-state index is -1.35. The van der Waals surface area contributed by atoms with E-state index in [4.69, 9.17) is 14.2 Å². The summed E-state index contributed by atoms with van der Waals surface area (Å²) < 4.78 is 32.1. The highest BCUT2D eigenvalue weighted by Crippen LogP contribution is 2.31. The lowest BCUT2D eigenvalue weighted by Crippen LogP contribution is -2.53. The molecule has 4 rings (SSSR count). The van der Waals surface area contributed by atoms with Crippen molar-refractivity contribution in [3.05, 3.63) is 83.8 Å². The van der Waals surface area contributed by atoms with E-state index in [2.05, 4.69) is 4.98 Å². The van der Waals surface area contributed by atoms with E-state index in [0.29, 0.717) is 37.2 Å². The molecule has 284 valence electrons. The van der Waals surface area contributed by atoms with E-state index in [1.807, 2.05) is 44.2 Å². The number of likely N-dealkylation sites (tertiary alicyclic amines) is 1. The zero-order valence-corrected chi connectivity index (χ0v) is 31.6. The number of nitrogens with zero attached hydrogens (tertiary/aromatic N) is 2. The van der Waals surface area contributed by atoms with Crippen LogP contribution in [0.15, 0.2) is 66.9 Å². The molecule has 10 nitrogen and oxygen atoms in total. The van der Waals surface area contributed by atoms with Gasteiger partial charge in [0.25, 0.3) is 5.91 Å². The van der Waals surface area contributed by atoms with Crippen molar-refractivity contribution in [1.29, 1.82) is 0 Å². The van der Waals surface area contributed by atoms with Gasteiger partial charge in [-0.1, -0.05) is 52.0 Å². The summed E-state index contributed by atoms with van der Waals surface area (Å²) in [6, 6.07) is 12.6. The molecule has 1 amide bonds. The van der Waals surface area contributed by atoms with Gasteiger partial charge in [-0.2, -0.15) is 0 Å². The number of rotatable bonds is 17. The Labute approximate surface area is 311 Å². The number of esters is 2.